The fraction of sp³-hybridized carbons (Fsp3) is 0.167. The molecule has 2 atom stereocenters. The first-order valence-electron chi connectivity index (χ1n) is 5.15. The van der Waals surface area contributed by atoms with E-state index in [0.717, 1.165) is 0 Å². The van der Waals surface area contributed by atoms with E-state index in [4.69, 9.17) is 0 Å². The van der Waals surface area contributed by atoms with Crippen LogP contribution < -0.4 is 21.8 Å². The normalized spacial score (nSPS) is 25.2. The van der Waals surface area contributed by atoms with Gasteiger partial charge in [-0.25, -0.2) is 4.79 Å². The number of hydrogen-bond donors (Lipinski definition) is 2. The summed E-state index contributed by atoms with van der Waals surface area (Å²) in [6.07, 6.45) is 11.9. The molecule has 16 heavy (non-hydrogen) atoms. The highest BCUT2D eigenvalue weighted by molar-refractivity contribution is 5.47. The maximum absolute atomic E-state index is 11.6. The van der Waals surface area contributed by atoms with Crippen LogP contribution in [0.2, 0.25) is 0 Å². The van der Waals surface area contributed by atoms with Crippen LogP contribution in [0.25, 0.3) is 12.2 Å². The van der Waals surface area contributed by atoms with Crippen LogP contribution in [-0.2, 0) is 0 Å². The highest BCUT2D eigenvalue weighted by Gasteiger charge is 2.17. The van der Waals surface area contributed by atoms with Crippen LogP contribution in [0.15, 0.2) is 33.9 Å². The standard InChI is InChI=1S/C12H10N2O2/c15-11-9-5-7-3-1-2-4-8(7)6-10(9)13-12(16)14-11/h1-8H,(H2,13,14,15,16). The maximum atomic E-state index is 11.6. The van der Waals surface area contributed by atoms with Crippen molar-refractivity contribution in [2.75, 3.05) is 0 Å². The van der Waals surface area contributed by atoms with Crippen molar-refractivity contribution >= 4 is 12.2 Å². The molecule has 0 bridgehead atoms. The molecule has 1 aromatic heterocycles. The number of hydrogen-bond acceptors (Lipinski definition) is 2. The Morgan fingerprint density at radius 2 is 1.62 bits per heavy atom. The van der Waals surface area contributed by atoms with E-state index < -0.39 is 5.69 Å². The van der Waals surface area contributed by atoms with Crippen molar-refractivity contribution in [1.29, 1.82) is 0 Å². The van der Waals surface area contributed by atoms with Crippen molar-refractivity contribution in [2.45, 2.75) is 0 Å². The summed E-state index contributed by atoms with van der Waals surface area (Å²) in [7, 11) is 0. The molecule has 0 radical (unpaired) electrons. The molecule has 1 heterocycles. The van der Waals surface area contributed by atoms with Gasteiger partial charge in [0.15, 0.2) is 0 Å². The molecule has 0 aromatic carbocycles. The van der Waals surface area contributed by atoms with Crippen LogP contribution >= 0.6 is 0 Å². The molecule has 4 nitrogen and oxygen atoms in total. The summed E-state index contributed by atoms with van der Waals surface area (Å²) in [6.45, 7) is 0. The molecule has 0 aliphatic heterocycles. The third kappa shape index (κ3) is 1.31. The lowest BCUT2D eigenvalue weighted by Crippen LogP contribution is -2.50. The van der Waals surface area contributed by atoms with E-state index in [9.17, 15) is 9.59 Å². The molecular weight excluding hydrogens is 204 g/mol. The highest BCUT2D eigenvalue weighted by atomic mass is 16.2. The van der Waals surface area contributed by atoms with Crippen LogP contribution in [0.1, 0.15) is 0 Å². The molecule has 1 aromatic rings. The Balaban J connectivity index is 2.39. The molecule has 3 rings (SSSR count). The lowest BCUT2D eigenvalue weighted by molar-refractivity contribution is 0.715. The van der Waals surface area contributed by atoms with Gasteiger partial charge in [-0.3, -0.25) is 9.78 Å². The van der Waals surface area contributed by atoms with Crippen LogP contribution in [0, 0.1) is 11.8 Å². The van der Waals surface area contributed by atoms with Gasteiger partial charge in [0.25, 0.3) is 5.56 Å². The first-order chi connectivity index (χ1) is 7.74. The molecule has 2 unspecified atom stereocenters. The van der Waals surface area contributed by atoms with Gasteiger partial charge >= 0.3 is 5.69 Å². The Bertz CT molecular complexity index is 719. The Morgan fingerprint density at radius 1 is 0.938 bits per heavy atom. The second-order valence-corrected chi connectivity index (χ2v) is 3.99. The van der Waals surface area contributed by atoms with E-state index in [1.807, 2.05) is 24.3 Å². The van der Waals surface area contributed by atoms with Crippen molar-refractivity contribution in [3.8, 4) is 0 Å². The van der Waals surface area contributed by atoms with Gasteiger partial charge in [-0.2, -0.15) is 0 Å². The van der Waals surface area contributed by atoms with Crippen LogP contribution in [0.4, 0.5) is 0 Å². The predicted octanol–water partition coefficient (Wildman–Crippen LogP) is -1.00. The number of aromatic amines is 2. The second kappa shape index (κ2) is 3.20. The van der Waals surface area contributed by atoms with Gasteiger partial charge < -0.3 is 4.98 Å². The molecule has 0 saturated carbocycles. The predicted molar refractivity (Wildman–Crippen MR) is 61.1 cm³/mol. The number of allylic oxidation sites excluding steroid dienone is 4. The van der Waals surface area contributed by atoms with E-state index in [2.05, 4.69) is 22.1 Å². The number of rotatable bonds is 0. The molecule has 2 aliphatic carbocycles. The summed E-state index contributed by atoms with van der Waals surface area (Å²) >= 11 is 0. The number of nitrogens with one attached hydrogen (secondary N) is 2. The maximum Gasteiger partial charge on any atom is 0.326 e. The van der Waals surface area contributed by atoms with E-state index in [1.165, 1.54) is 0 Å². The monoisotopic (exact) mass is 214 g/mol. The van der Waals surface area contributed by atoms with Crippen molar-refractivity contribution in [2.24, 2.45) is 11.8 Å². The zero-order valence-corrected chi connectivity index (χ0v) is 8.44. The molecule has 80 valence electrons. The van der Waals surface area contributed by atoms with Gasteiger partial charge in [0, 0.05) is 11.8 Å². The molecule has 2 aliphatic rings. The summed E-state index contributed by atoms with van der Waals surface area (Å²) < 4.78 is 0. The summed E-state index contributed by atoms with van der Waals surface area (Å²) in [5.74, 6) is 0.444. The Labute approximate surface area is 90.3 Å². The quantitative estimate of drug-likeness (QED) is 0.581. The fourth-order valence-electron chi connectivity index (χ4n) is 2.17. The zero-order chi connectivity index (χ0) is 11.1. The molecule has 2 N–H and O–H groups in total. The van der Waals surface area contributed by atoms with Gasteiger partial charge in [0.1, 0.15) is 0 Å². The summed E-state index contributed by atoms with van der Waals surface area (Å²) in [5.41, 5.74) is -0.779. The van der Waals surface area contributed by atoms with Gasteiger partial charge in [0.05, 0.1) is 10.6 Å². The number of aromatic nitrogens is 2. The molecule has 0 amide bonds. The van der Waals surface area contributed by atoms with Crippen LogP contribution in [-0.4, -0.2) is 9.97 Å². The minimum Gasteiger partial charge on any atom is -0.307 e. The molecular formula is C12H10N2O2. The Kier molecular flexibility index (Phi) is 1.83. The third-order valence-electron chi connectivity index (χ3n) is 2.95. The third-order valence-corrected chi connectivity index (χ3v) is 2.95. The average Bonchev–Trinajstić information content (AvgIpc) is 2.27. The summed E-state index contributed by atoms with van der Waals surface area (Å²) in [4.78, 5) is 27.6. The van der Waals surface area contributed by atoms with E-state index in [1.54, 1.807) is 0 Å². The van der Waals surface area contributed by atoms with E-state index in [0.29, 0.717) is 10.6 Å². The Morgan fingerprint density at radius 3 is 2.38 bits per heavy atom. The second-order valence-electron chi connectivity index (χ2n) is 3.99. The number of H-pyrrole nitrogens is 2. The highest BCUT2D eigenvalue weighted by Crippen LogP contribution is 2.22. The van der Waals surface area contributed by atoms with Crippen molar-refractivity contribution in [3.05, 3.63) is 55.7 Å². The minimum atomic E-state index is -0.456. The zero-order valence-electron chi connectivity index (χ0n) is 8.44. The van der Waals surface area contributed by atoms with Gasteiger partial charge in [-0.05, 0) is 0 Å². The Hall–Kier alpha value is -2.10. The van der Waals surface area contributed by atoms with Crippen LogP contribution in [0.3, 0.4) is 0 Å². The van der Waals surface area contributed by atoms with Crippen molar-refractivity contribution < 1.29 is 0 Å². The van der Waals surface area contributed by atoms with E-state index in [-0.39, 0.29) is 17.4 Å². The van der Waals surface area contributed by atoms with Crippen molar-refractivity contribution in [3.63, 3.8) is 0 Å². The lowest BCUT2D eigenvalue weighted by atomic mass is 9.85. The largest absolute Gasteiger partial charge is 0.326 e. The smallest absolute Gasteiger partial charge is 0.307 e. The summed E-state index contributed by atoms with van der Waals surface area (Å²) in [6, 6.07) is 0. The molecule has 4 heteroatoms. The minimum absolute atomic E-state index is 0.213. The van der Waals surface area contributed by atoms with Gasteiger partial charge in [0.2, 0.25) is 0 Å². The lowest BCUT2D eigenvalue weighted by Gasteiger charge is -2.20. The summed E-state index contributed by atoms with van der Waals surface area (Å²) in [5, 5.41) is 1.18. The van der Waals surface area contributed by atoms with Crippen molar-refractivity contribution in [1.82, 2.24) is 9.97 Å². The molecule has 0 fully saturated rings. The average molecular weight is 214 g/mol. The van der Waals surface area contributed by atoms with Crippen LogP contribution in [0.5, 0.6) is 0 Å². The topological polar surface area (TPSA) is 65.7 Å². The van der Waals surface area contributed by atoms with Gasteiger partial charge in [-0.1, -0.05) is 36.5 Å². The first kappa shape index (κ1) is 9.15. The SMILES string of the molecule is O=c1[nH]c(=O)c2c([nH]1)=CC1C=CC=CC1C=2. The number of fused-ring (bicyclic) bond motifs is 2. The molecule has 0 spiro atoms. The van der Waals surface area contributed by atoms with E-state index >= 15 is 0 Å². The first-order valence-corrected chi connectivity index (χ1v) is 5.15. The fourth-order valence-corrected chi connectivity index (χ4v) is 2.17. The van der Waals surface area contributed by atoms with Gasteiger partial charge in [-0.15, -0.1) is 0 Å². The molecule has 0 saturated heterocycles.